The Morgan fingerprint density at radius 2 is 1.50 bits per heavy atom. The van der Waals surface area contributed by atoms with E-state index < -0.39 is 10.0 Å². The molecule has 110 valence electrons. The molecular weight excluding hydrogens is 297 g/mol. The van der Waals surface area contributed by atoms with Gasteiger partial charge in [0.15, 0.2) is 0 Å². The second-order valence-corrected chi connectivity index (χ2v) is 6.66. The van der Waals surface area contributed by atoms with Crippen molar-refractivity contribution in [2.45, 2.75) is 18.9 Å². The van der Waals surface area contributed by atoms with Crippen molar-refractivity contribution in [3.8, 4) is 0 Å². The van der Waals surface area contributed by atoms with Gasteiger partial charge in [0.05, 0.1) is 6.26 Å². The smallest absolute Gasteiger partial charge is 0.211 e. The second kappa shape index (κ2) is 7.87. The van der Waals surface area contributed by atoms with E-state index in [4.69, 9.17) is 0 Å². The molecule has 0 aromatic carbocycles. The average Bonchev–Trinajstić information content (AvgIpc) is 2.29. The lowest BCUT2D eigenvalue weighted by atomic mass is 10.0. The van der Waals surface area contributed by atoms with Crippen LogP contribution in [0.25, 0.3) is 0 Å². The number of rotatable bonds is 2. The highest BCUT2D eigenvalue weighted by molar-refractivity contribution is 7.88. The predicted molar refractivity (Wildman–Crippen MR) is 78.4 cm³/mol. The maximum absolute atomic E-state index is 11.4. The van der Waals surface area contributed by atoms with Crippen LogP contribution in [0.1, 0.15) is 12.8 Å². The Bertz CT molecular complexity index is 326. The van der Waals surface area contributed by atoms with Crippen molar-refractivity contribution in [2.24, 2.45) is 0 Å². The van der Waals surface area contributed by atoms with Crippen molar-refractivity contribution in [3.63, 3.8) is 0 Å². The molecule has 0 atom stereocenters. The van der Waals surface area contributed by atoms with Gasteiger partial charge in [-0.2, -0.15) is 4.31 Å². The van der Waals surface area contributed by atoms with Gasteiger partial charge in [-0.05, 0) is 25.9 Å². The third-order valence-electron chi connectivity index (χ3n) is 3.57. The first-order valence-electron chi connectivity index (χ1n) is 5.97. The van der Waals surface area contributed by atoms with E-state index in [2.05, 4.69) is 10.2 Å². The van der Waals surface area contributed by atoms with Gasteiger partial charge in [-0.1, -0.05) is 0 Å². The Labute approximate surface area is 122 Å². The largest absolute Gasteiger partial charge is 0.317 e. The summed E-state index contributed by atoms with van der Waals surface area (Å²) in [5, 5.41) is 3.35. The number of piperidine rings is 1. The van der Waals surface area contributed by atoms with E-state index in [1.165, 1.54) is 19.1 Å². The van der Waals surface area contributed by atoms with Crippen LogP contribution < -0.4 is 5.32 Å². The Hall–Kier alpha value is 0.410. The lowest BCUT2D eigenvalue weighted by molar-refractivity contribution is 0.116. The molecule has 0 aliphatic carbocycles. The summed E-state index contributed by atoms with van der Waals surface area (Å²) in [6.07, 6.45) is 3.69. The van der Waals surface area contributed by atoms with Gasteiger partial charge in [0.25, 0.3) is 0 Å². The fourth-order valence-corrected chi connectivity index (χ4v) is 3.40. The van der Waals surface area contributed by atoms with Gasteiger partial charge in [-0.3, -0.25) is 4.90 Å². The minimum absolute atomic E-state index is 0. The topological polar surface area (TPSA) is 52.7 Å². The number of hydrogen-bond acceptors (Lipinski definition) is 4. The summed E-state index contributed by atoms with van der Waals surface area (Å²) in [7, 11) is -2.99. The molecule has 18 heavy (non-hydrogen) atoms. The van der Waals surface area contributed by atoms with Gasteiger partial charge in [0.1, 0.15) is 0 Å². The molecule has 0 saturated carbocycles. The fourth-order valence-electron chi connectivity index (χ4n) is 2.57. The molecule has 2 heterocycles. The van der Waals surface area contributed by atoms with Crippen LogP contribution in [0.2, 0.25) is 0 Å². The summed E-state index contributed by atoms with van der Waals surface area (Å²) in [6, 6.07) is 0.656. The van der Waals surface area contributed by atoms with Crippen molar-refractivity contribution in [2.75, 3.05) is 45.5 Å². The minimum atomic E-state index is -2.99. The van der Waals surface area contributed by atoms with E-state index >= 15 is 0 Å². The Morgan fingerprint density at radius 3 is 1.94 bits per heavy atom. The predicted octanol–water partition coefficient (Wildman–Crippen LogP) is 0.159. The lowest BCUT2D eigenvalue weighted by Gasteiger charge is -2.40. The maximum atomic E-state index is 11.4. The van der Waals surface area contributed by atoms with Crippen LogP contribution in [0.15, 0.2) is 0 Å². The number of halogens is 2. The monoisotopic (exact) mass is 319 g/mol. The number of nitrogens with one attached hydrogen (secondary N) is 1. The summed E-state index contributed by atoms with van der Waals surface area (Å²) < 4.78 is 24.3. The average molecular weight is 320 g/mol. The van der Waals surface area contributed by atoms with Gasteiger partial charge in [0.2, 0.25) is 10.0 Å². The van der Waals surface area contributed by atoms with E-state index in [1.807, 2.05) is 0 Å². The van der Waals surface area contributed by atoms with E-state index in [0.29, 0.717) is 19.1 Å². The summed E-state index contributed by atoms with van der Waals surface area (Å²) >= 11 is 0. The van der Waals surface area contributed by atoms with Crippen LogP contribution in [0.5, 0.6) is 0 Å². The third kappa shape index (κ3) is 4.83. The zero-order chi connectivity index (χ0) is 11.6. The molecule has 2 saturated heterocycles. The summed E-state index contributed by atoms with van der Waals surface area (Å²) in [4.78, 5) is 2.45. The van der Waals surface area contributed by atoms with Crippen molar-refractivity contribution in [1.29, 1.82) is 0 Å². The molecule has 0 aromatic rings. The molecule has 0 radical (unpaired) electrons. The molecule has 0 spiro atoms. The Kier molecular flexibility index (Phi) is 8.05. The molecule has 0 aromatic heterocycles. The Morgan fingerprint density at radius 1 is 1.00 bits per heavy atom. The van der Waals surface area contributed by atoms with Crippen LogP contribution in [0, 0.1) is 0 Å². The first kappa shape index (κ1) is 18.4. The zero-order valence-corrected chi connectivity index (χ0v) is 13.1. The van der Waals surface area contributed by atoms with Crippen molar-refractivity contribution in [3.05, 3.63) is 0 Å². The lowest BCUT2D eigenvalue weighted by Crippen LogP contribution is -2.53. The highest BCUT2D eigenvalue weighted by Crippen LogP contribution is 2.15. The second-order valence-electron chi connectivity index (χ2n) is 4.68. The summed E-state index contributed by atoms with van der Waals surface area (Å²) in [5.41, 5.74) is 0. The molecule has 0 amide bonds. The number of hydrogen-bond donors (Lipinski definition) is 1. The molecule has 2 rings (SSSR count). The highest BCUT2D eigenvalue weighted by atomic mass is 35.5. The molecule has 1 N–H and O–H groups in total. The summed E-state index contributed by atoms with van der Waals surface area (Å²) in [5.74, 6) is 0. The standard InChI is InChI=1S/C10H21N3O2S.2ClH/c1-16(14,15)13-8-6-12(7-9-13)10-2-4-11-5-3-10;;/h10-11H,2-9H2,1H3;2*1H. The van der Waals surface area contributed by atoms with Crippen molar-refractivity contribution < 1.29 is 8.42 Å². The van der Waals surface area contributed by atoms with Gasteiger partial charge in [-0.15, -0.1) is 24.8 Å². The normalized spacial score (nSPS) is 24.1. The quantitative estimate of drug-likeness (QED) is 0.787. The van der Waals surface area contributed by atoms with Crippen LogP contribution in [-0.4, -0.2) is 69.2 Å². The maximum Gasteiger partial charge on any atom is 0.211 e. The number of nitrogens with zero attached hydrogens (tertiary/aromatic N) is 2. The van der Waals surface area contributed by atoms with Crippen LogP contribution >= 0.6 is 24.8 Å². The fraction of sp³-hybridized carbons (Fsp3) is 1.00. The van der Waals surface area contributed by atoms with Crippen LogP contribution in [0.4, 0.5) is 0 Å². The van der Waals surface area contributed by atoms with E-state index in [9.17, 15) is 8.42 Å². The molecule has 8 heteroatoms. The van der Waals surface area contributed by atoms with Gasteiger partial charge in [-0.25, -0.2) is 8.42 Å². The SMILES string of the molecule is CS(=O)(=O)N1CCN(C2CCNCC2)CC1.Cl.Cl. The molecular formula is C10H23Cl2N3O2S. The number of piperazine rings is 1. The van der Waals surface area contributed by atoms with Crippen molar-refractivity contribution in [1.82, 2.24) is 14.5 Å². The van der Waals surface area contributed by atoms with E-state index in [0.717, 1.165) is 26.2 Å². The van der Waals surface area contributed by atoms with Gasteiger partial charge < -0.3 is 5.32 Å². The van der Waals surface area contributed by atoms with Crippen LogP contribution in [-0.2, 0) is 10.0 Å². The zero-order valence-electron chi connectivity index (χ0n) is 10.7. The van der Waals surface area contributed by atoms with Crippen LogP contribution in [0.3, 0.4) is 0 Å². The van der Waals surface area contributed by atoms with E-state index in [1.54, 1.807) is 4.31 Å². The first-order chi connectivity index (χ1) is 7.57. The van der Waals surface area contributed by atoms with Gasteiger partial charge in [0, 0.05) is 32.2 Å². The first-order valence-corrected chi connectivity index (χ1v) is 7.82. The highest BCUT2D eigenvalue weighted by Gasteiger charge is 2.28. The number of sulfonamides is 1. The molecule has 0 unspecified atom stereocenters. The molecule has 2 aliphatic heterocycles. The van der Waals surface area contributed by atoms with Gasteiger partial charge >= 0.3 is 0 Å². The molecule has 5 nitrogen and oxygen atoms in total. The molecule has 0 bridgehead atoms. The Balaban J connectivity index is 0.00000144. The molecule has 2 aliphatic rings. The van der Waals surface area contributed by atoms with Crippen molar-refractivity contribution >= 4 is 34.8 Å². The third-order valence-corrected chi connectivity index (χ3v) is 4.87. The minimum Gasteiger partial charge on any atom is -0.317 e. The van der Waals surface area contributed by atoms with E-state index in [-0.39, 0.29) is 24.8 Å². The molecule has 2 fully saturated rings. The summed E-state index contributed by atoms with van der Waals surface area (Å²) in [6.45, 7) is 5.27.